The third-order valence-corrected chi connectivity index (χ3v) is 11.6. The van der Waals surface area contributed by atoms with E-state index in [4.69, 9.17) is 19.2 Å². The average molecular weight is 839 g/mol. The molecule has 0 fully saturated rings. The average Bonchev–Trinajstić information content (AvgIpc) is 3.61. The number of halogens is 1. The van der Waals surface area contributed by atoms with Crippen LogP contribution in [0.3, 0.4) is 0 Å². The van der Waals surface area contributed by atoms with Gasteiger partial charge in [0, 0.05) is 28.3 Å². The number of aromatic nitrogens is 2. The number of benzene rings is 2. The fourth-order valence-electron chi connectivity index (χ4n) is 8.17. The van der Waals surface area contributed by atoms with E-state index in [0.717, 1.165) is 5.56 Å². The standard InChI is InChI=1S/C44H47FN6O10/c1-7-15-59-43(57)50-36(21(3)4)39(53)46-23(6)38(52)47-25-11-9-24(10-12-25)19-61-42(56)49-31-14-13-26-22(5)30(45)17-32-34(26)35(31)27-18-51-33(37(27)48-32)16-29-28(40(51)54)20-60-41(55)44(29,58)8-2/h7,9-12,16-17,21,23,31,36,58H,1,8,13-15,18-20H2,2-6H3,(H,46,53)(H,47,52)(H,49,56)(H,50,57)/t23-,31+,36-,44+/m1/s1. The molecule has 2 aliphatic heterocycles. The van der Waals surface area contributed by atoms with Crippen LogP contribution >= 0.6 is 0 Å². The first-order chi connectivity index (χ1) is 29.1. The summed E-state index contributed by atoms with van der Waals surface area (Å²) in [6.07, 6.45) is 0.718. The molecule has 4 amide bonds. The Labute approximate surface area is 349 Å². The molecular weight excluding hydrogens is 792 g/mol. The molecule has 7 rings (SSSR count). The lowest BCUT2D eigenvalue weighted by atomic mass is 9.81. The molecule has 2 aromatic heterocycles. The number of aryl methyl sites for hydroxylation is 1. The molecule has 0 saturated heterocycles. The second kappa shape index (κ2) is 16.8. The van der Waals surface area contributed by atoms with Crippen molar-refractivity contribution in [2.24, 2.45) is 5.92 Å². The van der Waals surface area contributed by atoms with E-state index in [1.807, 2.05) is 0 Å². The Morgan fingerprint density at radius 1 is 1.05 bits per heavy atom. The number of anilines is 1. The molecule has 0 saturated carbocycles. The summed E-state index contributed by atoms with van der Waals surface area (Å²) in [5, 5.41) is 22.8. The predicted octanol–water partition coefficient (Wildman–Crippen LogP) is 4.82. The number of nitrogens with one attached hydrogen (secondary N) is 4. The van der Waals surface area contributed by atoms with Gasteiger partial charge in [-0.2, -0.15) is 0 Å². The Hall–Kier alpha value is -6.62. The van der Waals surface area contributed by atoms with Gasteiger partial charge in [-0.3, -0.25) is 14.4 Å². The second-order valence-electron chi connectivity index (χ2n) is 15.8. The Morgan fingerprint density at radius 2 is 1.79 bits per heavy atom. The highest BCUT2D eigenvalue weighted by molar-refractivity contribution is 5.98. The largest absolute Gasteiger partial charge is 0.458 e. The zero-order chi connectivity index (χ0) is 43.9. The molecular formula is C44H47FN6O10. The Morgan fingerprint density at radius 3 is 2.48 bits per heavy atom. The van der Waals surface area contributed by atoms with Crippen LogP contribution in [0.4, 0.5) is 19.7 Å². The van der Waals surface area contributed by atoms with Crippen LogP contribution in [-0.4, -0.2) is 63.3 Å². The number of aliphatic hydroxyl groups is 1. The number of esters is 1. The maximum absolute atomic E-state index is 15.3. The van der Waals surface area contributed by atoms with Crippen molar-refractivity contribution in [2.45, 2.75) is 97.4 Å². The molecule has 320 valence electrons. The van der Waals surface area contributed by atoms with Crippen molar-refractivity contribution in [3.05, 3.63) is 104 Å². The van der Waals surface area contributed by atoms with Crippen LogP contribution in [0.25, 0.3) is 22.3 Å². The van der Waals surface area contributed by atoms with Gasteiger partial charge in [0.15, 0.2) is 5.60 Å². The van der Waals surface area contributed by atoms with Gasteiger partial charge in [-0.1, -0.05) is 45.6 Å². The maximum atomic E-state index is 15.3. The fourth-order valence-corrected chi connectivity index (χ4v) is 8.17. The smallest absolute Gasteiger partial charge is 0.408 e. The van der Waals surface area contributed by atoms with E-state index in [2.05, 4.69) is 27.8 Å². The molecule has 4 aromatic rings. The van der Waals surface area contributed by atoms with Crippen LogP contribution in [-0.2, 0) is 60.4 Å². The van der Waals surface area contributed by atoms with Crippen molar-refractivity contribution in [3.8, 4) is 11.4 Å². The van der Waals surface area contributed by atoms with Gasteiger partial charge in [-0.25, -0.2) is 23.8 Å². The van der Waals surface area contributed by atoms with E-state index >= 15 is 4.39 Å². The van der Waals surface area contributed by atoms with Crippen LogP contribution < -0.4 is 26.8 Å². The summed E-state index contributed by atoms with van der Waals surface area (Å²) >= 11 is 0. The quantitative estimate of drug-likeness (QED) is 0.0652. The molecule has 0 spiro atoms. The molecule has 2 aromatic carbocycles. The number of ether oxygens (including phenoxy) is 3. The number of hydrogen-bond donors (Lipinski definition) is 5. The van der Waals surface area contributed by atoms with Crippen molar-refractivity contribution >= 4 is 46.6 Å². The zero-order valence-corrected chi connectivity index (χ0v) is 34.4. The predicted molar refractivity (Wildman–Crippen MR) is 220 cm³/mol. The molecule has 4 atom stereocenters. The molecule has 5 N–H and O–H groups in total. The van der Waals surface area contributed by atoms with E-state index in [1.54, 1.807) is 58.0 Å². The highest BCUT2D eigenvalue weighted by atomic mass is 19.1. The van der Waals surface area contributed by atoms with E-state index < -0.39 is 65.1 Å². The molecule has 0 bridgehead atoms. The molecule has 16 nitrogen and oxygen atoms in total. The van der Waals surface area contributed by atoms with Crippen LogP contribution in [0.15, 0.2) is 53.8 Å². The number of nitrogens with zero attached hydrogens (tertiary/aromatic N) is 2. The van der Waals surface area contributed by atoms with Crippen LogP contribution in [0.2, 0.25) is 0 Å². The first kappa shape index (κ1) is 42.5. The van der Waals surface area contributed by atoms with Crippen LogP contribution in [0.1, 0.15) is 85.5 Å². The number of hydrogen-bond acceptors (Lipinski definition) is 11. The van der Waals surface area contributed by atoms with Crippen molar-refractivity contribution in [1.29, 1.82) is 0 Å². The maximum Gasteiger partial charge on any atom is 0.408 e. The molecule has 3 aliphatic rings. The van der Waals surface area contributed by atoms with Gasteiger partial charge in [0.25, 0.3) is 5.56 Å². The van der Waals surface area contributed by atoms with E-state index in [-0.39, 0.29) is 49.8 Å². The number of alkyl carbamates (subject to hydrolysis) is 2. The Bertz CT molecular complexity index is 2550. The lowest BCUT2D eigenvalue weighted by molar-refractivity contribution is -0.172. The molecule has 0 radical (unpaired) electrons. The van der Waals surface area contributed by atoms with Crippen molar-refractivity contribution in [3.63, 3.8) is 0 Å². The first-order valence-corrected chi connectivity index (χ1v) is 20.0. The van der Waals surface area contributed by atoms with Crippen molar-refractivity contribution in [1.82, 2.24) is 25.5 Å². The third kappa shape index (κ3) is 7.92. The number of pyridine rings is 2. The number of amides is 4. The number of cyclic esters (lactones) is 1. The number of carbonyl (C=O) groups is 5. The Balaban J connectivity index is 1.04. The molecule has 0 unspecified atom stereocenters. The minimum Gasteiger partial charge on any atom is -0.458 e. The van der Waals surface area contributed by atoms with Crippen LogP contribution in [0.5, 0.6) is 0 Å². The first-order valence-electron chi connectivity index (χ1n) is 20.0. The summed E-state index contributed by atoms with van der Waals surface area (Å²) in [4.78, 5) is 82.7. The molecule has 17 heteroatoms. The zero-order valence-electron chi connectivity index (χ0n) is 34.4. The monoisotopic (exact) mass is 838 g/mol. The van der Waals surface area contributed by atoms with Gasteiger partial charge in [-0.05, 0) is 79.5 Å². The number of carbonyl (C=O) groups excluding carboxylic acids is 5. The van der Waals surface area contributed by atoms with Gasteiger partial charge >= 0.3 is 18.2 Å². The summed E-state index contributed by atoms with van der Waals surface area (Å²) in [6, 6.07) is 7.01. The van der Waals surface area contributed by atoms with Gasteiger partial charge < -0.3 is 45.2 Å². The van der Waals surface area contributed by atoms with Gasteiger partial charge in [0.2, 0.25) is 11.8 Å². The number of fused-ring (bicyclic) bond motifs is 5. The van der Waals surface area contributed by atoms with Crippen molar-refractivity contribution < 1.29 is 47.7 Å². The molecule has 4 heterocycles. The molecule has 61 heavy (non-hydrogen) atoms. The van der Waals surface area contributed by atoms with E-state index in [1.165, 1.54) is 23.6 Å². The SMILES string of the molecule is C=CCOC(=O)N[C@@H](C(=O)N[C@H](C)C(=O)Nc1ccc(COC(=O)N[C@H]2CCc3c(C)c(F)cc4nc5c(c2c34)Cn2c-5cc3c(c2=O)COC(=O)[C@]3(O)CC)cc1)C(C)C. The summed E-state index contributed by atoms with van der Waals surface area (Å²) < 4.78 is 32.6. The lowest BCUT2D eigenvalue weighted by Gasteiger charge is -2.31. The van der Waals surface area contributed by atoms with Gasteiger partial charge in [-0.15, -0.1) is 0 Å². The Kier molecular flexibility index (Phi) is 11.7. The highest BCUT2D eigenvalue weighted by Crippen LogP contribution is 2.46. The normalized spacial score (nSPS) is 18.2. The van der Waals surface area contributed by atoms with E-state index in [0.29, 0.717) is 63.1 Å². The van der Waals surface area contributed by atoms with E-state index in [9.17, 15) is 33.9 Å². The topological polar surface area (TPSA) is 216 Å². The van der Waals surface area contributed by atoms with Crippen molar-refractivity contribution in [2.75, 3.05) is 11.9 Å². The van der Waals surface area contributed by atoms with Gasteiger partial charge in [0.1, 0.15) is 37.7 Å². The number of rotatable bonds is 12. The summed E-state index contributed by atoms with van der Waals surface area (Å²) in [7, 11) is 0. The summed E-state index contributed by atoms with van der Waals surface area (Å²) in [5.41, 5.74) is 2.57. The minimum atomic E-state index is -2.02. The minimum absolute atomic E-state index is 0.0226. The highest BCUT2D eigenvalue weighted by Gasteiger charge is 2.46. The third-order valence-electron chi connectivity index (χ3n) is 11.6. The fraction of sp³-hybridized carbons (Fsp3) is 0.386. The van der Waals surface area contributed by atoms with Crippen LogP contribution in [0, 0.1) is 18.7 Å². The van der Waals surface area contributed by atoms with Gasteiger partial charge in [0.05, 0.1) is 35.1 Å². The summed E-state index contributed by atoms with van der Waals surface area (Å²) in [6.45, 7) is 11.5. The summed E-state index contributed by atoms with van der Waals surface area (Å²) in [5.74, 6) is -2.63. The second-order valence-corrected chi connectivity index (χ2v) is 15.8. The lowest BCUT2D eigenvalue weighted by Crippen LogP contribution is -2.53. The molecule has 1 aliphatic carbocycles.